The van der Waals surface area contributed by atoms with Crippen LogP contribution in [0, 0.1) is 0 Å². The van der Waals surface area contributed by atoms with Crippen LogP contribution < -0.4 is 11.1 Å². The maximum Gasteiger partial charge on any atom is 0.220 e. The minimum atomic E-state index is 0.0748. The molecule has 3 N–H and O–H groups in total. The molecule has 18 heavy (non-hydrogen) atoms. The number of hydrogen-bond donors (Lipinski definition) is 2. The summed E-state index contributed by atoms with van der Waals surface area (Å²) in [4.78, 5) is 12.8. The maximum atomic E-state index is 11.7. The van der Waals surface area contributed by atoms with Gasteiger partial charge in [-0.15, -0.1) is 11.3 Å². The molecule has 3 nitrogen and oxygen atoms in total. The number of aryl methyl sites for hydroxylation is 1. The minimum Gasteiger partial charge on any atom is -0.399 e. The molecule has 1 amide bonds. The molecule has 0 atom stereocenters. The molecule has 0 saturated heterocycles. The van der Waals surface area contributed by atoms with Gasteiger partial charge in [0.05, 0.1) is 6.54 Å². The highest BCUT2D eigenvalue weighted by molar-refractivity contribution is 7.09. The summed E-state index contributed by atoms with van der Waals surface area (Å²) in [5, 5.41) is 4.92. The highest BCUT2D eigenvalue weighted by Gasteiger charge is 2.03. The van der Waals surface area contributed by atoms with Gasteiger partial charge in [0.15, 0.2) is 0 Å². The van der Waals surface area contributed by atoms with Gasteiger partial charge in [0.25, 0.3) is 0 Å². The number of amides is 1. The lowest BCUT2D eigenvalue weighted by molar-refractivity contribution is -0.121. The van der Waals surface area contributed by atoms with Gasteiger partial charge in [-0.25, -0.2) is 0 Å². The summed E-state index contributed by atoms with van der Waals surface area (Å²) in [6.45, 7) is 0.618. The first-order valence-electron chi connectivity index (χ1n) is 5.87. The summed E-state index contributed by atoms with van der Waals surface area (Å²) in [6, 6.07) is 11.7. The Balaban J connectivity index is 1.75. The normalized spacial score (nSPS) is 10.2. The number of anilines is 1. The quantitative estimate of drug-likeness (QED) is 0.812. The fourth-order valence-electron chi connectivity index (χ4n) is 1.69. The molecule has 0 radical (unpaired) electrons. The van der Waals surface area contributed by atoms with E-state index >= 15 is 0 Å². The molecule has 1 aromatic carbocycles. The van der Waals surface area contributed by atoms with Crippen molar-refractivity contribution in [3.8, 4) is 0 Å². The van der Waals surface area contributed by atoms with Crippen LogP contribution in [-0.4, -0.2) is 5.91 Å². The van der Waals surface area contributed by atoms with Crippen molar-refractivity contribution in [3.05, 3.63) is 52.2 Å². The number of nitrogens with two attached hydrogens (primary N) is 1. The van der Waals surface area contributed by atoms with Crippen molar-refractivity contribution < 1.29 is 4.79 Å². The van der Waals surface area contributed by atoms with Crippen LogP contribution in [0.15, 0.2) is 41.8 Å². The summed E-state index contributed by atoms with van der Waals surface area (Å²) in [5.74, 6) is 0.0748. The molecule has 2 aromatic rings. The number of carbonyl (C=O) groups is 1. The van der Waals surface area contributed by atoms with Crippen molar-refractivity contribution in [1.82, 2.24) is 5.32 Å². The van der Waals surface area contributed by atoms with Gasteiger partial charge >= 0.3 is 0 Å². The average molecular weight is 260 g/mol. The molecule has 0 spiro atoms. The third kappa shape index (κ3) is 3.89. The molecular formula is C14H16N2OS. The van der Waals surface area contributed by atoms with Crippen LogP contribution in [-0.2, 0) is 17.8 Å². The Morgan fingerprint density at radius 1 is 1.28 bits per heavy atom. The SMILES string of the molecule is Nc1cccc(CCC(=O)NCc2cccs2)c1. The molecule has 0 fully saturated rings. The molecule has 0 saturated carbocycles. The van der Waals surface area contributed by atoms with Crippen LogP contribution in [0.25, 0.3) is 0 Å². The van der Waals surface area contributed by atoms with Crippen LogP contribution >= 0.6 is 11.3 Å². The van der Waals surface area contributed by atoms with Gasteiger partial charge in [0, 0.05) is 17.0 Å². The van der Waals surface area contributed by atoms with E-state index in [0.29, 0.717) is 13.0 Å². The average Bonchev–Trinajstić information content (AvgIpc) is 2.87. The largest absolute Gasteiger partial charge is 0.399 e. The van der Waals surface area contributed by atoms with E-state index in [2.05, 4.69) is 5.32 Å². The summed E-state index contributed by atoms with van der Waals surface area (Å²) < 4.78 is 0. The van der Waals surface area contributed by atoms with Gasteiger partial charge in [0.1, 0.15) is 0 Å². The van der Waals surface area contributed by atoms with E-state index in [1.165, 1.54) is 4.88 Å². The molecule has 0 aliphatic rings. The number of nitrogens with one attached hydrogen (secondary N) is 1. The third-order valence-electron chi connectivity index (χ3n) is 2.63. The molecule has 1 heterocycles. The summed E-state index contributed by atoms with van der Waals surface area (Å²) >= 11 is 1.65. The molecule has 1 aromatic heterocycles. The zero-order chi connectivity index (χ0) is 12.8. The lowest BCUT2D eigenvalue weighted by Crippen LogP contribution is -2.22. The van der Waals surface area contributed by atoms with Gasteiger partial charge < -0.3 is 11.1 Å². The summed E-state index contributed by atoms with van der Waals surface area (Å²) in [7, 11) is 0. The van der Waals surface area contributed by atoms with E-state index < -0.39 is 0 Å². The van der Waals surface area contributed by atoms with Gasteiger partial charge in [-0.3, -0.25) is 4.79 Å². The van der Waals surface area contributed by atoms with E-state index in [4.69, 9.17) is 5.73 Å². The monoisotopic (exact) mass is 260 g/mol. The predicted molar refractivity (Wildman–Crippen MR) is 75.3 cm³/mol. The van der Waals surface area contributed by atoms with Gasteiger partial charge in [-0.05, 0) is 35.6 Å². The summed E-state index contributed by atoms with van der Waals surface area (Å²) in [6.07, 6.45) is 1.22. The first kappa shape index (κ1) is 12.6. The molecular weight excluding hydrogens is 244 g/mol. The van der Waals surface area contributed by atoms with Gasteiger partial charge in [-0.2, -0.15) is 0 Å². The van der Waals surface area contributed by atoms with Crippen LogP contribution in [0.1, 0.15) is 16.9 Å². The number of hydrogen-bond acceptors (Lipinski definition) is 3. The van der Waals surface area contributed by atoms with Crippen molar-refractivity contribution in [2.24, 2.45) is 0 Å². The highest BCUT2D eigenvalue weighted by Crippen LogP contribution is 2.10. The maximum absolute atomic E-state index is 11.7. The van der Waals surface area contributed by atoms with E-state index in [9.17, 15) is 4.79 Å². The van der Waals surface area contributed by atoms with E-state index in [-0.39, 0.29) is 5.91 Å². The Morgan fingerprint density at radius 3 is 2.89 bits per heavy atom. The zero-order valence-electron chi connectivity index (χ0n) is 10.1. The molecule has 0 bridgehead atoms. The summed E-state index contributed by atoms with van der Waals surface area (Å²) in [5.41, 5.74) is 7.53. The fourth-order valence-corrected chi connectivity index (χ4v) is 2.34. The molecule has 0 aliphatic heterocycles. The standard InChI is InChI=1S/C14H16N2OS/c15-12-4-1-3-11(9-12)6-7-14(17)16-10-13-5-2-8-18-13/h1-5,8-9H,6-7,10,15H2,(H,16,17). The Kier molecular flexibility index (Phi) is 4.36. The van der Waals surface area contributed by atoms with Crippen LogP contribution in [0.3, 0.4) is 0 Å². The second-order valence-electron chi connectivity index (χ2n) is 4.10. The number of thiophene rings is 1. The topological polar surface area (TPSA) is 55.1 Å². The van der Waals surface area contributed by atoms with E-state index in [1.54, 1.807) is 11.3 Å². The fraction of sp³-hybridized carbons (Fsp3) is 0.214. The zero-order valence-corrected chi connectivity index (χ0v) is 10.9. The molecule has 0 unspecified atom stereocenters. The van der Waals surface area contributed by atoms with Gasteiger partial charge in [-0.1, -0.05) is 18.2 Å². The first-order valence-corrected chi connectivity index (χ1v) is 6.75. The smallest absolute Gasteiger partial charge is 0.220 e. The van der Waals surface area contributed by atoms with Gasteiger partial charge in [0.2, 0.25) is 5.91 Å². The number of benzene rings is 1. The molecule has 0 aliphatic carbocycles. The molecule has 94 valence electrons. The molecule has 4 heteroatoms. The number of rotatable bonds is 5. The Hall–Kier alpha value is -1.81. The molecule has 2 rings (SSSR count). The minimum absolute atomic E-state index is 0.0748. The van der Waals surface area contributed by atoms with Crippen molar-refractivity contribution in [2.75, 3.05) is 5.73 Å². The predicted octanol–water partition coefficient (Wildman–Crippen LogP) is 2.58. The van der Waals surface area contributed by atoms with E-state index in [0.717, 1.165) is 17.7 Å². The third-order valence-corrected chi connectivity index (χ3v) is 3.51. The number of carbonyl (C=O) groups excluding carboxylic acids is 1. The number of nitrogen functional groups attached to an aromatic ring is 1. The van der Waals surface area contributed by atoms with Crippen molar-refractivity contribution >= 4 is 22.9 Å². The highest BCUT2D eigenvalue weighted by atomic mass is 32.1. The Bertz CT molecular complexity index is 508. The van der Waals surface area contributed by atoms with Crippen LogP contribution in [0.4, 0.5) is 5.69 Å². The van der Waals surface area contributed by atoms with Crippen molar-refractivity contribution in [1.29, 1.82) is 0 Å². The van der Waals surface area contributed by atoms with Crippen LogP contribution in [0.2, 0.25) is 0 Å². The lowest BCUT2D eigenvalue weighted by Gasteiger charge is -2.04. The lowest BCUT2D eigenvalue weighted by atomic mass is 10.1. The van der Waals surface area contributed by atoms with Crippen molar-refractivity contribution in [3.63, 3.8) is 0 Å². The first-order chi connectivity index (χ1) is 8.74. The second kappa shape index (κ2) is 6.21. The van der Waals surface area contributed by atoms with Crippen LogP contribution in [0.5, 0.6) is 0 Å². The van der Waals surface area contributed by atoms with Crippen molar-refractivity contribution in [2.45, 2.75) is 19.4 Å². The second-order valence-corrected chi connectivity index (χ2v) is 5.13. The Labute approximate surface area is 111 Å². The Morgan fingerprint density at radius 2 is 2.17 bits per heavy atom. The van der Waals surface area contributed by atoms with E-state index in [1.807, 2.05) is 41.8 Å².